The van der Waals surface area contributed by atoms with Gasteiger partial charge in [-0.1, -0.05) is 25.5 Å². The van der Waals surface area contributed by atoms with E-state index >= 15 is 0 Å². The second kappa shape index (κ2) is 8.13. The van der Waals surface area contributed by atoms with Gasteiger partial charge in [-0.05, 0) is 44.0 Å². The van der Waals surface area contributed by atoms with Crippen LogP contribution in [0.5, 0.6) is 0 Å². The lowest BCUT2D eigenvalue weighted by Gasteiger charge is -2.24. The van der Waals surface area contributed by atoms with Gasteiger partial charge in [0.25, 0.3) is 0 Å². The van der Waals surface area contributed by atoms with Crippen molar-refractivity contribution in [3.8, 4) is 0 Å². The molecule has 1 N–H and O–H groups in total. The van der Waals surface area contributed by atoms with E-state index in [1.54, 1.807) is 16.4 Å². The van der Waals surface area contributed by atoms with Gasteiger partial charge in [-0.2, -0.15) is 4.31 Å². The van der Waals surface area contributed by atoms with Gasteiger partial charge in [-0.25, -0.2) is 8.42 Å². The van der Waals surface area contributed by atoms with E-state index in [4.69, 9.17) is 0 Å². The molecule has 1 aliphatic rings. The van der Waals surface area contributed by atoms with Gasteiger partial charge in [-0.3, -0.25) is 0 Å². The highest BCUT2D eigenvalue weighted by molar-refractivity contribution is 7.89. The summed E-state index contributed by atoms with van der Waals surface area (Å²) in [5.41, 5.74) is 1.19. The fraction of sp³-hybridized carbons (Fsp3) is 0.600. The molecule has 6 heteroatoms. The Labute approximate surface area is 134 Å². The summed E-state index contributed by atoms with van der Waals surface area (Å²) in [7, 11) is -1.48. The Morgan fingerprint density at radius 1 is 1.29 bits per heavy atom. The first-order chi connectivity index (χ1) is 9.59. The second-order valence-electron chi connectivity index (χ2n) is 5.36. The van der Waals surface area contributed by atoms with Crippen LogP contribution in [0.2, 0.25) is 0 Å². The van der Waals surface area contributed by atoms with Gasteiger partial charge in [0.2, 0.25) is 10.0 Å². The number of rotatable bonds is 6. The molecule has 2 rings (SSSR count). The lowest BCUT2D eigenvalue weighted by molar-refractivity contribution is 0.379. The van der Waals surface area contributed by atoms with Crippen LogP contribution in [0.25, 0.3) is 0 Å². The highest BCUT2D eigenvalue weighted by Crippen LogP contribution is 2.26. The van der Waals surface area contributed by atoms with Crippen LogP contribution in [0.1, 0.15) is 31.7 Å². The number of hydrogen-bond donors (Lipinski definition) is 1. The number of hydrogen-bond acceptors (Lipinski definition) is 3. The molecule has 1 aliphatic heterocycles. The van der Waals surface area contributed by atoms with E-state index in [0.29, 0.717) is 18.0 Å². The molecule has 0 saturated carbocycles. The van der Waals surface area contributed by atoms with Gasteiger partial charge in [0, 0.05) is 19.1 Å². The van der Waals surface area contributed by atoms with Crippen LogP contribution in [-0.4, -0.2) is 38.9 Å². The first-order valence-corrected chi connectivity index (χ1v) is 8.79. The Morgan fingerprint density at radius 2 is 1.95 bits per heavy atom. The van der Waals surface area contributed by atoms with Crippen LogP contribution in [0.15, 0.2) is 29.2 Å². The van der Waals surface area contributed by atoms with Crippen molar-refractivity contribution in [1.82, 2.24) is 9.62 Å². The van der Waals surface area contributed by atoms with E-state index in [1.807, 2.05) is 19.2 Å². The molecule has 21 heavy (non-hydrogen) atoms. The molecule has 0 radical (unpaired) electrons. The summed E-state index contributed by atoms with van der Waals surface area (Å²) in [5, 5.41) is 3.08. The smallest absolute Gasteiger partial charge is 0.243 e. The molecule has 1 fully saturated rings. The van der Waals surface area contributed by atoms with E-state index in [-0.39, 0.29) is 18.4 Å². The monoisotopic (exact) mass is 332 g/mol. The van der Waals surface area contributed by atoms with Crippen LogP contribution < -0.4 is 5.32 Å². The predicted octanol–water partition coefficient (Wildman–Crippen LogP) is 2.43. The Kier molecular flexibility index (Phi) is 7.13. The molecule has 1 aromatic rings. The number of sulfonamides is 1. The minimum atomic E-state index is -3.35. The van der Waals surface area contributed by atoms with Crippen molar-refractivity contribution in [3.63, 3.8) is 0 Å². The van der Waals surface area contributed by atoms with E-state index in [9.17, 15) is 8.42 Å². The van der Waals surface area contributed by atoms with Crippen LogP contribution in [0, 0.1) is 0 Å². The summed E-state index contributed by atoms with van der Waals surface area (Å²) in [6, 6.07) is 7.43. The van der Waals surface area contributed by atoms with E-state index in [1.165, 1.54) is 5.56 Å². The maximum absolute atomic E-state index is 12.7. The molecular weight excluding hydrogens is 308 g/mol. The molecule has 0 aliphatic carbocycles. The molecule has 1 unspecified atom stereocenters. The third-order valence-corrected chi connectivity index (χ3v) is 5.80. The van der Waals surface area contributed by atoms with Gasteiger partial charge in [0.15, 0.2) is 0 Å². The van der Waals surface area contributed by atoms with Crippen molar-refractivity contribution in [1.29, 1.82) is 0 Å². The van der Waals surface area contributed by atoms with Crippen molar-refractivity contribution in [2.75, 3.05) is 20.1 Å². The molecule has 1 heterocycles. The first-order valence-electron chi connectivity index (χ1n) is 7.35. The normalized spacial score (nSPS) is 19.4. The van der Waals surface area contributed by atoms with Crippen molar-refractivity contribution in [2.24, 2.45) is 0 Å². The fourth-order valence-corrected chi connectivity index (χ4v) is 4.51. The lowest BCUT2D eigenvalue weighted by atomic mass is 10.1. The first kappa shape index (κ1) is 18.4. The fourth-order valence-electron chi connectivity index (χ4n) is 2.82. The molecule has 120 valence electrons. The standard InChI is InChI=1S/C15H24N2O2S.ClH/c1-3-5-13-7-9-15(10-8-13)20(18,19)17-11-4-6-14(17)12-16-2;/h7-10,14,16H,3-6,11-12H2,1-2H3;1H. The largest absolute Gasteiger partial charge is 0.318 e. The number of nitrogens with one attached hydrogen (secondary N) is 1. The van der Waals surface area contributed by atoms with E-state index in [2.05, 4.69) is 12.2 Å². The number of halogens is 1. The molecule has 0 bridgehead atoms. The third kappa shape index (κ3) is 4.19. The highest BCUT2D eigenvalue weighted by Gasteiger charge is 2.34. The summed E-state index contributed by atoms with van der Waals surface area (Å²) in [6.07, 6.45) is 3.95. The van der Waals surface area contributed by atoms with Gasteiger partial charge in [-0.15, -0.1) is 12.4 Å². The van der Waals surface area contributed by atoms with Crippen molar-refractivity contribution in [3.05, 3.63) is 29.8 Å². The van der Waals surface area contributed by atoms with Crippen molar-refractivity contribution >= 4 is 22.4 Å². The topological polar surface area (TPSA) is 49.4 Å². The Morgan fingerprint density at radius 3 is 2.52 bits per heavy atom. The molecule has 1 saturated heterocycles. The highest BCUT2D eigenvalue weighted by atomic mass is 35.5. The molecular formula is C15H25ClN2O2S. The molecule has 1 aromatic carbocycles. The average Bonchev–Trinajstić information content (AvgIpc) is 2.89. The number of likely N-dealkylation sites (N-methyl/N-ethyl adjacent to an activating group) is 1. The van der Waals surface area contributed by atoms with Crippen molar-refractivity contribution in [2.45, 2.75) is 43.5 Å². The second-order valence-corrected chi connectivity index (χ2v) is 7.25. The number of nitrogens with zero attached hydrogens (tertiary/aromatic N) is 1. The van der Waals surface area contributed by atoms with Crippen molar-refractivity contribution < 1.29 is 8.42 Å². The van der Waals surface area contributed by atoms with Crippen LogP contribution in [0.4, 0.5) is 0 Å². The van der Waals surface area contributed by atoms with Gasteiger partial charge in [0.1, 0.15) is 0 Å². The summed E-state index contributed by atoms with van der Waals surface area (Å²) < 4.78 is 27.0. The Hall–Kier alpha value is -0.620. The molecule has 4 nitrogen and oxygen atoms in total. The minimum Gasteiger partial charge on any atom is -0.318 e. The van der Waals surface area contributed by atoms with Gasteiger partial charge in [0.05, 0.1) is 4.90 Å². The average molecular weight is 333 g/mol. The Bertz CT molecular complexity index is 531. The lowest BCUT2D eigenvalue weighted by Crippen LogP contribution is -2.40. The van der Waals surface area contributed by atoms with Gasteiger partial charge < -0.3 is 5.32 Å². The van der Waals surface area contributed by atoms with E-state index in [0.717, 1.165) is 25.7 Å². The molecule has 1 atom stereocenters. The van der Waals surface area contributed by atoms with E-state index < -0.39 is 10.0 Å². The van der Waals surface area contributed by atoms with Crippen LogP contribution in [0.3, 0.4) is 0 Å². The zero-order valence-corrected chi connectivity index (χ0v) is 14.3. The zero-order chi connectivity index (χ0) is 14.6. The molecule has 0 amide bonds. The van der Waals surface area contributed by atoms with Crippen LogP contribution >= 0.6 is 12.4 Å². The number of benzene rings is 1. The predicted molar refractivity (Wildman–Crippen MR) is 88.5 cm³/mol. The molecule has 0 spiro atoms. The third-order valence-electron chi connectivity index (χ3n) is 3.83. The number of aryl methyl sites for hydroxylation is 1. The molecule has 0 aromatic heterocycles. The SMILES string of the molecule is CCCc1ccc(S(=O)(=O)N2CCCC2CNC)cc1.Cl. The maximum atomic E-state index is 12.7. The zero-order valence-electron chi connectivity index (χ0n) is 12.7. The van der Waals surface area contributed by atoms with Gasteiger partial charge >= 0.3 is 0 Å². The summed E-state index contributed by atoms with van der Waals surface area (Å²) in [5.74, 6) is 0. The summed E-state index contributed by atoms with van der Waals surface area (Å²) >= 11 is 0. The quantitative estimate of drug-likeness (QED) is 0.870. The van der Waals surface area contributed by atoms with Crippen LogP contribution in [-0.2, 0) is 16.4 Å². The maximum Gasteiger partial charge on any atom is 0.243 e. The Balaban J connectivity index is 0.00000220. The summed E-state index contributed by atoms with van der Waals surface area (Å²) in [4.78, 5) is 0.417. The minimum absolute atomic E-state index is 0. The summed E-state index contributed by atoms with van der Waals surface area (Å²) in [6.45, 7) is 3.47.